The summed E-state index contributed by atoms with van der Waals surface area (Å²) in [7, 11) is 0. The van der Waals surface area contributed by atoms with Gasteiger partial charge in [-0.15, -0.1) is 0 Å². The summed E-state index contributed by atoms with van der Waals surface area (Å²) >= 11 is 1.67. The standard InChI is InChI=1S/C13H20N2OS/c1-3-13(2,14)12(16)15(11-4-5-11)8-10-6-7-17-9-10/h6-7,9,11H,3-5,8,14H2,1-2H3. The van der Waals surface area contributed by atoms with E-state index in [0.29, 0.717) is 19.0 Å². The molecule has 1 heterocycles. The van der Waals surface area contributed by atoms with Crippen LogP contribution in [0, 0.1) is 0 Å². The molecule has 1 aliphatic rings. The second kappa shape index (κ2) is 4.78. The lowest BCUT2D eigenvalue weighted by Crippen LogP contribution is -2.53. The Morgan fingerprint density at radius 1 is 1.65 bits per heavy atom. The summed E-state index contributed by atoms with van der Waals surface area (Å²) < 4.78 is 0. The monoisotopic (exact) mass is 252 g/mol. The highest BCUT2D eigenvalue weighted by Crippen LogP contribution is 2.30. The highest BCUT2D eigenvalue weighted by atomic mass is 32.1. The van der Waals surface area contributed by atoms with Crippen LogP contribution in [0.5, 0.6) is 0 Å². The number of hydrogen-bond donors (Lipinski definition) is 1. The summed E-state index contributed by atoms with van der Waals surface area (Å²) in [5.41, 5.74) is 6.55. The predicted molar refractivity (Wildman–Crippen MR) is 70.8 cm³/mol. The van der Waals surface area contributed by atoms with Crippen molar-refractivity contribution >= 4 is 17.2 Å². The smallest absolute Gasteiger partial charge is 0.242 e. The Hall–Kier alpha value is -0.870. The van der Waals surface area contributed by atoms with E-state index < -0.39 is 5.54 Å². The highest BCUT2D eigenvalue weighted by Gasteiger charge is 2.39. The number of hydrogen-bond acceptors (Lipinski definition) is 3. The zero-order chi connectivity index (χ0) is 12.5. The van der Waals surface area contributed by atoms with Crippen molar-refractivity contribution < 1.29 is 4.79 Å². The average Bonchev–Trinajstić information content (AvgIpc) is 3.03. The van der Waals surface area contributed by atoms with Crippen molar-refractivity contribution in [2.24, 2.45) is 5.73 Å². The number of thiophene rings is 1. The molecule has 0 aliphatic heterocycles. The third kappa shape index (κ3) is 2.87. The number of carbonyl (C=O) groups excluding carboxylic acids is 1. The van der Waals surface area contributed by atoms with E-state index in [4.69, 9.17) is 5.73 Å². The molecule has 17 heavy (non-hydrogen) atoms. The van der Waals surface area contributed by atoms with Crippen molar-refractivity contribution in [3.05, 3.63) is 22.4 Å². The van der Waals surface area contributed by atoms with Gasteiger partial charge in [0.05, 0.1) is 5.54 Å². The van der Waals surface area contributed by atoms with Crippen molar-refractivity contribution in [2.75, 3.05) is 0 Å². The summed E-state index contributed by atoms with van der Waals surface area (Å²) in [5.74, 6) is 0.0914. The second-order valence-electron chi connectivity index (χ2n) is 5.07. The van der Waals surface area contributed by atoms with E-state index >= 15 is 0 Å². The van der Waals surface area contributed by atoms with Crippen LogP contribution in [0.15, 0.2) is 16.8 Å². The minimum Gasteiger partial charge on any atom is -0.334 e. The molecule has 1 amide bonds. The maximum atomic E-state index is 12.4. The summed E-state index contributed by atoms with van der Waals surface area (Å²) in [6, 6.07) is 2.49. The van der Waals surface area contributed by atoms with Gasteiger partial charge in [-0.1, -0.05) is 6.92 Å². The molecule has 0 radical (unpaired) electrons. The van der Waals surface area contributed by atoms with Gasteiger partial charge in [-0.05, 0) is 48.6 Å². The van der Waals surface area contributed by atoms with Crippen molar-refractivity contribution in [1.82, 2.24) is 4.90 Å². The van der Waals surface area contributed by atoms with Gasteiger partial charge in [0.25, 0.3) is 0 Å². The van der Waals surface area contributed by atoms with E-state index in [1.54, 1.807) is 11.3 Å². The second-order valence-corrected chi connectivity index (χ2v) is 5.85. The van der Waals surface area contributed by atoms with E-state index in [1.165, 1.54) is 5.56 Å². The van der Waals surface area contributed by atoms with Crippen LogP contribution in [0.1, 0.15) is 38.7 Å². The predicted octanol–water partition coefficient (Wildman–Crippen LogP) is 2.37. The molecule has 1 unspecified atom stereocenters. The minimum absolute atomic E-state index is 0.0914. The van der Waals surface area contributed by atoms with Gasteiger partial charge in [0.2, 0.25) is 5.91 Å². The first-order valence-corrected chi connectivity index (χ1v) is 7.10. The largest absolute Gasteiger partial charge is 0.334 e. The molecule has 0 aromatic carbocycles. The Bertz CT molecular complexity index is 382. The van der Waals surface area contributed by atoms with Crippen molar-refractivity contribution in [3.63, 3.8) is 0 Å². The fourth-order valence-electron chi connectivity index (χ4n) is 1.81. The van der Waals surface area contributed by atoms with Crippen LogP contribution in [0.2, 0.25) is 0 Å². The molecule has 2 rings (SSSR count). The normalized spacial score (nSPS) is 18.8. The molecule has 94 valence electrons. The molecule has 4 heteroatoms. The van der Waals surface area contributed by atoms with Gasteiger partial charge in [-0.3, -0.25) is 4.79 Å². The molecule has 0 bridgehead atoms. The summed E-state index contributed by atoms with van der Waals surface area (Å²) in [4.78, 5) is 14.4. The first kappa shape index (κ1) is 12.6. The lowest BCUT2D eigenvalue weighted by atomic mass is 9.98. The third-order valence-corrected chi connectivity index (χ3v) is 4.14. The van der Waals surface area contributed by atoms with Crippen LogP contribution in [0.25, 0.3) is 0 Å². The fraction of sp³-hybridized carbons (Fsp3) is 0.615. The summed E-state index contributed by atoms with van der Waals surface area (Å²) in [6.45, 7) is 4.51. The maximum absolute atomic E-state index is 12.4. The number of nitrogens with zero attached hydrogens (tertiary/aromatic N) is 1. The van der Waals surface area contributed by atoms with Gasteiger partial charge in [0.15, 0.2) is 0 Å². The van der Waals surface area contributed by atoms with E-state index in [9.17, 15) is 4.79 Å². The van der Waals surface area contributed by atoms with Crippen molar-refractivity contribution in [2.45, 2.75) is 51.2 Å². The van der Waals surface area contributed by atoms with E-state index in [0.717, 1.165) is 12.8 Å². The van der Waals surface area contributed by atoms with E-state index in [-0.39, 0.29) is 5.91 Å². The van der Waals surface area contributed by atoms with Crippen LogP contribution in [-0.4, -0.2) is 22.4 Å². The molecular formula is C13H20N2OS. The summed E-state index contributed by atoms with van der Waals surface area (Å²) in [5, 5.41) is 4.15. The molecule has 1 aromatic heterocycles. The molecule has 1 fully saturated rings. The number of amides is 1. The highest BCUT2D eigenvalue weighted by molar-refractivity contribution is 7.07. The van der Waals surface area contributed by atoms with Crippen LogP contribution in [0.4, 0.5) is 0 Å². The summed E-state index contributed by atoms with van der Waals surface area (Å²) in [6.07, 6.45) is 2.92. The Kier molecular flexibility index (Phi) is 3.54. The maximum Gasteiger partial charge on any atom is 0.242 e. The van der Waals surface area contributed by atoms with E-state index in [2.05, 4.69) is 11.4 Å². The van der Waals surface area contributed by atoms with Crippen LogP contribution >= 0.6 is 11.3 Å². The molecule has 3 nitrogen and oxygen atoms in total. The first-order valence-electron chi connectivity index (χ1n) is 6.15. The molecule has 1 aliphatic carbocycles. The van der Waals surface area contributed by atoms with Crippen molar-refractivity contribution in [1.29, 1.82) is 0 Å². The molecule has 2 N–H and O–H groups in total. The molecular weight excluding hydrogens is 232 g/mol. The number of rotatable bonds is 5. The quantitative estimate of drug-likeness (QED) is 0.874. The molecule has 0 saturated heterocycles. The van der Waals surface area contributed by atoms with Gasteiger partial charge in [0, 0.05) is 12.6 Å². The van der Waals surface area contributed by atoms with Crippen molar-refractivity contribution in [3.8, 4) is 0 Å². The fourth-order valence-corrected chi connectivity index (χ4v) is 2.47. The average molecular weight is 252 g/mol. The van der Waals surface area contributed by atoms with Gasteiger partial charge in [0.1, 0.15) is 0 Å². The Morgan fingerprint density at radius 3 is 2.82 bits per heavy atom. The minimum atomic E-state index is -0.724. The first-order chi connectivity index (χ1) is 8.04. The molecule has 1 saturated carbocycles. The molecule has 0 spiro atoms. The Balaban J connectivity index is 2.10. The zero-order valence-electron chi connectivity index (χ0n) is 10.5. The number of carbonyl (C=O) groups is 1. The Labute approximate surface area is 107 Å². The topological polar surface area (TPSA) is 46.3 Å². The van der Waals surface area contributed by atoms with E-state index in [1.807, 2.05) is 24.1 Å². The lowest BCUT2D eigenvalue weighted by Gasteiger charge is -2.31. The van der Waals surface area contributed by atoms with Crippen LogP contribution in [-0.2, 0) is 11.3 Å². The van der Waals surface area contributed by atoms with Crippen LogP contribution < -0.4 is 5.73 Å². The van der Waals surface area contributed by atoms with Gasteiger partial charge < -0.3 is 10.6 Å². The van der Waals surface area contributed by atoms with Gasteiger partial charge in [-0.2, -0.15) is 11.3 Å². The molecule has 1 atom stereocenters. The number of nitrogens with two attached hydrogens (primary N) is 1. The van der Waals surface area contributed by atoms with Crippen LogP contribution in [0.3, 0.4) is 0 Å². The molecule has 1 aromatic rings. The van der Waals surface area contributed by atoms with Gasteiger partial charge >= 0.3 is 0 Å². The SMILES string of the molecule is CCC(C)(N)C(=O)N(Cc1ccsc1)C1CC1. The van der Waals surface area contributed by atoms with Gasteiger partial charge in [-0.25, -0.2) is 0 Å². The third-order valence-electron chi connectivity index (χ3n) is 3.40. The Morgan fingerprint density at radius 2 is 2.35 bits per heavy atom. The zero-order valence-corrected chi connectivity index (χ0v) is 11.3. The lowest BCUT2D eigenvalue weighted by molar-refractivity contribution is -0.137.